The Balaban J connectivity index is 4.19. The van der Waals surface area contributed by atoms with Crippen LogP contribution in [0.3, 0.4) is 0 Å². The molecule has 0 radical (unpaired) electrons. The van der Waals surface area contributed by atoms with Crippen LogP contribution >= 0.6 is 0 Å². The maximum atomic E-state index is 4.30. The van der Waals surface area contributed by atoms with Gasteiger partial charge in [0.1, 0.15) is 0 Å². The van der Waals surface area contributed by atoms with Gasteiger partial charge in [-0.1, -0.05) is 34.1 Å². The maximum absolute atomic E-state index is 4.30. The van der Waals surface area contributed by atoms with Crippen LogP contribution in [0.1, 0.15) is 54.4 Å². The van der Waals surface area contributed by atoms with Crippen molar-refractivity contribution in [3.05, 3.63) is 0 Å². The van der Waals surface area contributed by atoms with Crippen LogP contribution < -0.4 is 0 Å². The van der Waals surface area contributed by atoms with Crippen molar-refractivity contribution in [2.45, 2.75) is 65.2 Å². The molecule has 0 aliphatic rings. The number of nitrogens with zero attached hydrogens (tertiary/aromatic N) is 2. The highest BCUT2D eigenvalue weighted by Crippen LogP contribution is 2.26. The SMILES string of the molecule is CCC(C)(C)BN=C=NC(C)(C)CC. The lowest BCUT2D eigenvalue weighted by atomic mass is 9.62. The van der Waals surface area contributed by atoms with E-state index in [1.807, 2.05) is 0 Å². The first-order chi connectivity index (χ1) is 6.33. The highest BCUT2D eigenvalue weighted by atomic mass is 14.8. The first-order valence-corrected chi connectivity index (χ1v) is 5.46. The third-order valence-corrected chi connectivity index (χ3v) is 2.75. The summed E-state index contributed by atoms with van der Waals surface area (Å²) in [5, 5.41) is 0.277. The fourth-order valence-electron chi connectivity index (χ4n) is 0.611. The van der Waals surface area contributed by atoms with Gasteiger partial charge in [0.2, 0.25) is 0 Å². The summed E-state index contributed by atoms with van der Waals surface area (Å²) in [7, 11) is 0.812. The molecule has 0 unspecified atom stereocenters. The van der Waals surface area contributed by atoms with E-state index in [1.165, 1.54) is 0 Å². The molecule has 14 heavy (non-hydrogen) atoms. The largest absolute Gasteiger partial charge is 0.292 e. The smallest absolute Gasteiger partial charge is 0.282 e. The Morgan fingerprint density at radius 2 is 1.64 bits per heavy atom. The molecule has 0 aliphatic carbocycles. The zero-order valence-corrected chi connectivity index (χ0v) is 10.5. The van der Waals surface area contributed by atoms with Crippen LogP contribution in [0.15, 0.2) is 9.90 Å². The molecule has 0 rings (SSSR count). The molecule has 0 spiro atoms. The van der Waals surface area contributed by atoms with Crippen LogP contribution in [0.2, 0.25) is 5.31 Å². The van der Waals surface area contributed by atoms with E-state index < -0.39 is 0 Å². The number of aliphatic imine (C=N–C) groups is 1. The van der Waals surface area contributed by atoms with E-state index in [0.29, 0.717) is 0 Å². The Kier molecular flexibility index (Phi) is 5.14. The highest BCUT2D eigenvalue weighted by Gasteiger charge is 2.16. The van der Waals surface area contributed by atoms with E-state index in [0.717, 1.165) is 20.3 Å². The van der Waals surface area contributed by atoms with Crippen molar-refractivity contribution < 1.29 is 0 Å². The standard InChI is InChI=1S/C11H23BN2/c1-7-10(3,4)12-14-9-13-11(5,6)8-2/h12H,7-8H2,1-6H3. The van der Waals surface area contributed by atoms with Gasteiger partial charge < -0.3 is 0 Å². The molecule has 80 valence electrons. The summed E-state index contributed by atoms with van der Waals surface area (Å²) in [5.74, 6) is 0. The van der Waals surface area contributed by atoms with Gasteiger partial charge in [0.25, 0.3) is 7.41 Å². The molecule has 0 aliphatic heterocycles. The van der Waals surface area contributed by atoms with Crippen molar-refractivity contribution in [2.24, 2.45) is 9.90 Å². The molecular formula is C11H23BN2. The van der Waals surface area contributed by atoms with Crippen molar-refractivity contribution >= 4 is 13.4 Å². The van der Waals surface area contributed by atoms with Gasteiger partial charge in [0, 0.05) is 0 Å². The Bertz CT molecular complexity index is 225. The van der Waals surface area contributed by atoms with E-state index in [1.54, 1.807) is 0 Å². The summed E-state index contributed by atoms with van der Waals surface area (Å²) in [4.78, 5) is 8.53. The van der Waals surface area contributed by atoms with Crippen molar-refractivity contribution in [1.29, 1.82) is 0 Å². The van der Waals surface area contributed by atoms with E-state index in [4.69, 9.17) is 0 Å². The zero-order valence-electron chi connectivity index (χ0n) is 10.5. The third-order valence-electron chi connectivity index (χ3n) is 2.75. The van der Waals surface area contributed by atoms with Crippen molar-refractivity contribution in [1.82, 2.24) is 0 Å². The Morgan fingerprint density at radius 3 is 2.07 bits per heavy atom. The van der Waals surface area contributed by atoms with Crippen LogP contribution in [-0.2, 0) is 0 Å². The summed E-state index contributed by atoms with van der Waals surface area (Å²) in [5.41, 5.74) is -0.0140. The molecule has 0 bridgehead atoms. The summed E-state index contributed by atoms with van der Waals surface area (Å²) >= 11 is 0. The Labute approximate surface area is 89.2 Å². The predicted octanol–water partition coefficient (Wildman–Crippen LogP) is 3.31. The first kappa shape index (κ1) is 13.4. The number of rotatable bonds is 5. The Morgan fingerprint density at radius 1 is 1.07 bits per heavy atom. The lowest BCUT2D eigenvalue weighted by molar-refractivity contribution is 0.508. The van der Waals surface area contributed by atoms with Gasteiger partial charge in [-0.05, 0) is 25.6 Å². The van der Waals surface area contributed by atoms with E-state index in [2.05, 4.69) is 57.4 Å². The molecule has 0 heterocycles. The fraction of sp³-hybridized carbons (Fsp3) is 0.909. The average Bonchev–Trinajstić information content (AvgIpc) is 2.13. The molecule has 2 nitrogen and oxygen atoms in total. The van der Waals surface area contributed by atoms with E-state index in [-0.39, 0.29) is 10.9 Å². The van der Waals surface area contributed by atoms with Gasteiger partial charge in [-0.3, -0.25) is 4.90 Å². The van der Waals surface area contributed by atoms with Gasteiger partial charge in [-0.25, -0.2) is 4.99 Å². The molecule has 0 N–H and O–H groups in total. The summed E-state index contributed by atoms with van der Waals surface area (Å²) in [6.45, 7) is 12.9. The van der Waals surface area contributed by atoms with Crippen LogP contribution in [0, 0.1) is 0 Å². The van der Waals surface area contributed by atoms with Crippen molar-refractivity contribution in [3.8, 4) is 0 Å². The summed E-state index contributed by atoms with van der Waals surface area (Å²) < 4.78 is 0. The lowest BCUT2D eigenvalue weighted by Crippen LogP contribution is -2.14. The molecular weight excluding hydrogens is 171 g/mol. The second kappa shape index (κ2) is 5.36. The van der Waals surface area contributed by atoms with Gasteiger partial charge in [-0.15, -0.1) is 0 Å². The topological polar surface area (TPSA) is 24.7 Å². The van der Waals surface area contributed by atoms with Crippen molar-refractivity contribution in [2.75, 3.05) is 0 Å². The van der Waals surface area contributed by atoms with Crippen LogP contribution in [0.4, 0.5) is 0 Å². The molecule has 0 saturated heterocycles. The molecule has 3 heteroatoms. The summed E-state index contributed by atoms with van der Waals surface area (Å²) in [6.07, 6.45) is 2.15. The second-order valence-electron chi connectivity index (χ2n) is 5.21. The number of hydrogen-bond donors (Lipinski definition) is 0. The minimum absolute atomic E-state index is 0.0140. The molecule has 0 atom stereocenters. The predicted molar refractivity (Wildman–Crippen MR) is 65.7 cm³/mol. The molecule has 0 aromatic heterocycles. The van der Waals surface area contributed by atoms with Crippen molar-refractivity contribution in [3.63, 3.8) is 0 Å². The van der Waals surface area contributed by atoms with Gasteiger partial charge >= 0.3 is 0 Å². The minimum Gasteiger partial charge on any atom is -0.292 e. The summed E-state index contributed by atoms with van der Waals surface area (Å²) in [6, 6.07) is 2.82. The molecule has 0 saturated carbocycles. The van der Waals surface area contributed by atoms with E-state index in [9.17, 15) is 0 Å². The highest BCUT2D eigenvalue weighted by molar-refractivity contribution is 6.38. The minimum atomic E-state index is -0.0140. The van der Waals surface area contributed by atoms with Gasteiger partial charge in [0.05, 0.1) is 11.5 Å². The monoisotopic (exact) mass is 194 g/mol. The fourth-order valence-corrected chi connectivity index (χ4v) is 0.611. The average molecular weight is 194 g/mol. The molecule has 0 fully saturated rings. The quantitative estimate of drug-likeness (QED) is 0.473. The van der Waals surface area contributed by atoms with Gasteiger partial charge in [-0.2, -0.15) is 0 Å². The lowest BCUT2D eigenvalue weighted by Gasteiger charge is -2.16. The normalized spacial score (nSPS) is 11.9. The second-order valence-corrected chi connectivity index (χ2v) is 5.21. The molecule has 0 aromatic carbocycles. The van der Waals surface area contributed by atoms with Crippen LogP contribution in [-0.4, -0.2) is 19.0 Å². The first-order valence-electron chi connectivity index (χ1n) is 5.46. The van der Waals surface area contributed by atoms with Crippen LogP contribution in [0.5, 0.6) is 0 Å². The molecule has 0 aromatic rings. The zero-order chi connectivity index (χ0) is 11.2. The van der Waals surface area contributed by atoms with Crippen LogP contribution in [0.25, 0.3) is 0 Å². The maximum Gasteiger partial charge on any atom is 0.282 e. The van der Waals surface area contributed by atoms with E-state index >= 15 is 0 Å². The third kappa shape index (κ3) is 5.98. The van der Waals surface area contributed by atoms with Gasteiger partial charge in [0.15, 0.2) is 0 Å². The Hall–Kier alpha value is -0.555. The molecule has 0 amide bonds. The number of hydrogen-bond acceptors (Lipinski definition) is 2.